The summed E-state index contributed by atoms with van der Waals surface area (Å²) in [6.45, 7) is 1.86. The van der Waals surface area contributed by atoms with Gasteiger partial charge >= 0.3 is 0 Å². The van der Waals surface area contributed by atoms with E-state index < -0.39 is 10.0 Å². The number of hydrogen-bond acceptors (Lipinski definition) is 7. The molecule has 0 N–H and O–H groups in total. The molecule has 0 unspecified atom stereocenters. The van der Waals surface area contributed by atoms with Gasteiger partial charge in [0.15, 0.2) is 17.3 Å². The minimum atomic E-state index is -3.51. The van der Waals surface area contributed by atoms with Gasteiger partial charge in [-0.3, -0.25) is 0 Å². The predicted molar refractivity (Wildman–Crippen MR) is 126 cm³/mol. The first-order valence-electron chi connectivity index (χ1n) is 9.99. The Morgan fingerprint density at radius 3 is 2.12 bits per heavy atom. The Bertz CT molecular complexity index is 1180. The maximum Gasteiger partial charge on any atom is 0.243 e. The Morgan fingerprint density at radius 1 is 0.844 bits per heavy atom. The van der Waals surface area contributed by atoms with Gasteiger partial charge in [0.1, 0.15) is 0 Å². The van der Waals surface area contributed by atoms with Crippen LogP contribution in [0.4, 0.5) is 5.82 Å². The lowest BCUT2D eigenvalue weighted by molar-refractivity contribution is 0.355. The molecule has 168 valence electrons. The van der Waals surface area contributed by atoms with Crippen molar-refractivity contribution in [2.45, 2.75) is 4.90 Å². The van der Waals surface area contributed by atoms with Crippen molar-refractivity contribution in [2.24, 2.45) is 0 Å². The lowest BCUT2D eigenvalue weighted by Crippen LogP contribution is -2.48. The van der Waals surface area contributed by atoms with Crippen LogP contribution in [0.5, 0.6) is 11.5 Å². The quantitative estimate of drug-likeness (QED) is 0.494. The molecule has 0 aliphatic carbocycles. The van der Waals surface area contributed by atoms with Crippen LogP contribution in [-0.4, -0.2) is 63.3 Å². The number of nitrogens with zero attached hydrogens (tertiary/aromatic N) is 4. The molecule has 10 heteroatoms. The third-order valence-corrected chi connectivity index (χ3v) is 7.79. The molecular formula is C22H23BrN4O4S. The summed E-state index contributed by atoms with van der Waals surface area (Å²) in [4.78, 5) is 2.34. The van der Waals surface area contributed by atoms with Crippen LogP contribution in [0.1, 0.15) is 0 Å². The van der Waals surface area contributed by atoms with E-state index in [0.717, 1.165) is 15.9 Å². The number of hydrogen-bond donors (Lipinski definition) is 0. The van der Waals surface area contributed by atoms with Crippen molar-refractivity contribution in [1.29, 1.82) is 0 Å². The number of halogens is 1. The zero-order chi connectivity index (χ0) is 22.7. The van der Waals surface area contributed by atoms with E-state index in [-0.39, 0.29) is 0 Å². The molecule has 1 saturated heterocycles. The number of rotatable bonds is 6. The first-order chi connectivity index (χ1) is 15.4. The average Bonchev–Trinajstić information content (AvgIpc) is 2.84. The molecule has 0 amide bonds. The van der Waals surface area contributed by atoms with Crippen LogP contribution in [0, 0.1) is 0 Å². The molecule has 8 nitrogen and oxygen atoms in total. The average molecular weight is 519 g/mol. The number of ether oxygens (including phenoxy) is 2. The largest absolute Gasteiger partial charge is 0.493 e. The Labute approximate surface area is 196 Å². The SMILES string of the molecule is COc1ccc(-c2ccc(N3CCN(S(=O)(=O)c4ccc(Br)cc4)CC3)nn2)cc1OC. The number of aromatic nitrogens is 2. The third-order valence-electron chi connectivity index (χ3n) is 5.34. The van der Waals surface area contributed by atoms with Crippen molar-refractivity contribution in [3.05, 3.63) is 59.1 Å². The second kappa shape index (κ2) is 9.43. The van der Waals surface area contributed by atoms with E-state index in [9.17, 15) is 8.42 Å². The number of piperazine rings is 1. The van der Waals surface area contributed by atoms with Gasteiger partial charge in [0.05, 0.1) is 24.8 Å². The van der Waals surface area contributed by atoms with Crippen LogP contribution in [0.3, 0.4) is 0 Å². The zero-order valence-corrected chi connectivity index (χ0v) is 20.1. The minimum Gasteiger partial charge on any atom is -0.493 e. The molecule has 1 aliphatic rings. The van der Waals surface area contributed by atoms with Gasteiger partial charge < -0.3 is 14.4 Å². The normalized spacial score (nSPS) is 14.9. The van der Waals surface area contributed by atoms with Crippen molar-refractivity contribution in [2.75, 3.05) is 45.3 Å². The van der Waals surface area contributed by atoms with E-state index in [2.05, 4.69) is 26.1 Å². The molecule has 32 heavy (non-hydrogen) atoms. The van der Waals surface area contributed by atoms with Gasteiger partial charge in [-0.25, -0.2) is 8.42 Å². The Kier molecular flexibility index (Phi) is 6.63. The first kappa shape index (κ1) is 22.5. The number of methoxy groups -OCH3 is 2. The van der Waals surface area contributed by atoms with Gasteiger partial charge in [0.25, 0.3) is 0 Å². The molecule has 0 atom stereocenters. The molecule has 3 aromatic rings. The fraction of sp³-hybridized carbons (Fsp3) is 0.273. The Morgan fingerprint density at radius 2 is 1.53 bits per heavy atom. The van der Waals surface area contributed by atoms with E-state index in [1.54, 1.807) is 38.5 Å². The van der Waals surface area contributed by atoms with E-state index in [1.807, 2.05) is 35.2 Å². The Hall–Kier alpha value is -2.69. The summed E-state index contributed by atoms with van der Waals surface area (Å²) in [5, 5.41) is 8.72. The van der Waals surface area contributed by atoms with Crippen LogP contribution >= 0.6 is 15.9 Å². The molecule has 1 aromatic heterocycles. The monoisotopic (exact) mass is 518 g/mol. The molecule has 1 aliphatic heterocycles. The maximum atomic E-state index is 12.9. The molecule has 0 bridgehead atoms. The highest BCUT2D eigenvalue weighted by atomic mass is 79.9. The van der Waals surface area contributed by atoms with Gasteiger partial charge in [0.2, 0.25) is 10.0 Å². The van der Waals surface area contributed by atoms with Crippen molar-refractivity contribution in [1.82, 2.24) is 14.5 Å². The number of anilines is 1. The molecule has 2 heterocycles. The summed E-state index contributed by atoms with van der Waals surface area (Å²) in [5.74, 6) is 1.99. The molecule has 0 radical (unpaired) electrons. The summed E-state index contributed by atoms with van der Waals surface area (Å²) < 4.78 is 38.8. The van der Waals surface area contributed by atoms with Crippen molar-refractivity contribution >= 4 is 31.8 Å². The van der Waals surface area contributed by atoms with E-state index in [1.165, 1.54) is 4.31 Å². The lowest BCUT2D eigenvalue weighted by Gasteiger charge is -2.34. The smallest absolute Gasteiger partial charge is 0.243 e. The molecule has 4 rings (SSSR count). The van der Waals surface area contributed by atoms with Crippen LogP contribution in [0.25, 0.3) is 11.3 Å². The molecule has 0 saturated carbocycles. The molecule has 2 aromatic carbocycles. The standard InChI is InChI=1S/C22H23BrN4O4S/c1-30-20-9-3-16(15-21(20)31-2)19-8-10-22(25-24-19)26-11-13-27(14-12-26)32(28,29)18-6-4-17(23)5-7-18/h3-10,15H,11-14H2,1-2H3. The van der Waals surface area contributed by atoms with E-state index in [0.29, 0.717) is 48.3 Å². The third kappa shape index (κ3) is 4.57. The van der Waals surface area contributed by atoms with E-state index in [4.69, 9.17) is 9.47 Å². The van der Waals surface area contributed by atoms with Crippen molar-refractivity contribution in [3.8, 4) is 22.8 Å². The van der Waals surface area contributed by atoms with Crippen LogP contribution in [0.15, 0.2) is 64.0 Å². The highest BCUT2D eigenvalue weighted by Crippen LogP contribution is 2.31. The number of benzene rings is 2. The zero-order valence-electron chi connectivity index (χ0n) is 17.7. The fourth-order valence-corrected chi connectivity index (χ4v) is 5.24. The highest BCUT2D eigenvalue weighted by Gasteiger charge is 2.29. The minimum absolute atomic E-state index is 0.299. The summed E-state index contributed by atoms with van der Waals surface area (Å²) in [6.07, 6.45) is 0. The second-order valence-corrected chi connectivity index (χ2v) is 10.0. The van der Waals surface area contributed by atoms with Crippen LogP contribution < -0.4 is 14.4 Å². The van der Waals surface area contributed by atoms with Gasteiger partial charge in [0, 0.05) is 36.2 Å². The van der Waals surface area contributed by atoms with Gasteiger partial charge in [-0.1, -0.05) is 15.9 Å². The van der Waals surface area contributed by atoms with Crippen LogP contribution in [0.2, 0.25) is 0 Å². The van der Waals surface area contributed by atoms with Crippen LogP contribution in [-0.2, 0) is 10.0 Å². The first-order valence-corrected chi connectivity index (χ1v) is 12.2. The molecule has 0 spiro atoms. The van der Waals surface area contributed by atoms with Gasteiger partial charge in [-0.05, 0) is 54.6 Å². The lowest BCUT2D eigenvalue weighted by atomic mass is 10.1. The second-order valence-electron chi connectivity index (χ2n) is 7.19. The molecule has 1 fully saturated rings. The summed E-state index contributed by atoms with van der Waals surface area (Å²) in [5.41, 5.74) is 1.58. The maximum absolute atomic E-state index is 12.9. The summed E-state index contributed by atoms with van der Waals surface area (Å²) in [6, 6.07) is 16.1. The van der Waals surface area contributed by atoms with E-state index >= 15 is 0 Å². The van der Waals surface area contributed by atoms with Crippen molar-refractivity contribution < 1.29 is 17.9 Å². The molecular weight excluding hydrogens is 496 g/mol. The summed E-state index contributed by atoms with van der Waals surface area (Å²) in [7, 11) is -0.328. The highest BCUT2D eigenvalue weighted by molar-refractivity contribution is 9.10. The fourth-order valence-electron chi connectivity index (χ4n) is 3.56. The Balaban J connectivity index is 1.44. The van der Waals surface area contributed by atoms with Gasteiger partial charge in [-0.15, -0.1) is 10.2 Å². The van der Waals surface area contributed by atoms with Crippen molar-refractivity contribution in [3.63, 3.8) is 0 Å². The number of sulfonamides is 1. The summed E-state index contributed by atoms with van der Waals surface area (Å²) >= 11 is 3.34. The predicted octanol–water partition coefficient (Wildman–Crippen LogP) is 3.43. The topological polar surface area (TPSA) is 84.9 Å². The van der Waals surface area contributed by atoms with Gasteiger partial charge in [-0.2, -0.15) is 4.31 Å².